The molecule has 1 fully saturated rings. The van der Waals surface area contributed by atoms with Gasteiger partial charge in [0.05, 0.1) is 5.57 Å². The Morgan fingerprint density at radius 2 is 2.31 bits per heavy atom. The number of allylic oxidation sites excluding steroid dienone is 3. The average Bonchev–Trinajstić information content (AvgIpc) is 3.37. The molecule has 2 N–H and O–H groups in total. The molecule has 2 heterocycles. The van der Waals surface area contributed by atoms with Crippen molar-refractivity contribution in [3.05, 3.63) is 72.4 Å². The Morgan fingerprint density at radius 1 is 1.44 bits per heavy atom. The number of hydrogen-bond acceptors (Lipinski definition) is 7. The molecule has 3 rings (SSSR count). The van der Waals surface area contributed by atoms with Gasteiger partial charge in [-0.25, -0.2) is 4.98 Å². The number of ether oxygens (including phenoxy) is 3. The summed E-state index contributed by atoms with van der Waals surface area (Å²) in [5, 5.41) is 4.33. The van der Waals surface area contributed by atoms with E-state index in [1.165, 1.54) is 0 Å². The molecule has 36 heavy (non-hydrogen) atoms. The highest BCUT2D eigenvalue weighted by atomic mass is 16.7. The van der Waals surface area contributed by atoms with Crippen LogP contribution in [0.25, 0.3) is 0 Å². The molecule has 0 radical (unpaired) electrons. The highest BCUT2D eigenvalue weighted by Gasteiger charge is 2.23. The van der Waals surface area contributed by atoms with Gasteiger partial charge in [-0.15, -0.1) is 0 Å². The lowest BCUT2D eigenvalue weighted by Gasteiger charge is -2.26. The molecule has 1 unspecified atom stereocenters. The number of rotatable bonds is 10. The highest BCUT2D eigenvalue weighted by Crippen LogP contribution is 2.23. The number of nitrogens with zero attached hydrogens (tertiary/aromatic N) is 3. The van der Waals surface area contributed by atoms with Gasteiger partial charge in [0.1, 0.15) is 24.3 Å². The second kappa shape index (κ2) is 13.9. The summed E-state index contributed by atoms with van der Waals surface area (Å²) in [6.45, 7) is 8.46. The Bertz CT molecular complexity index is 1150. The summed E-state index contributed by atoms with van der Waals surface area (Å²) in [6, 6.07) is 7.07. The van der Waals surface area contributed by atoms with Crippen molar-refractivity contribution in [1.29, 1.82) is 0 Å². The van der Waals surface area contributed by atoms with Crippen LogP contribution in [0.5, 0.6) is 5.75 Å². The second-order valence-corrected chi connectivity index (χ2v) is 7.91. The SMILES string of the molecule is C=C/C=C(C#Cc1cccc(OCC(N)=O)c1)\C(=N/OCC)n1ccnc1[C@H](C)OC1CCCCO1. The van der Waals surface area contributed by atoms with Gasteiger partial charge >= 0.3 is 0 Å². The molecule has 190 valence electrons. The fourth-order valence-corrected chi connectivity index (χ4v) is 3.50. The van der Waals surface area contributed by atoms with Crippen LogP contribution in [0.4, 0.5) is 0 Å². The zero-order valence-corrected chi connectivity index (χ0v) is 20.7. The Hall–Kier alpha value is -3.87. The maximum atomic E-state index is 11.0. The van der Waals surface area contributed by atoms with E-state index in [2.05, 4.69) is 28.6 Å². The summed E-state index contributed by atoms with van der Waals surface area (Å²) in [4.78, 5) is 20.9. The minimum absolute atomic E-state index is 0.209. The van der Waals surface area contributed by atoms with Crippen molar-refractivity contribution in [2.45, 2.75) is 45.5 Å². The molecule has 9 heteroatoms. The lowest BCUT2D eigenvalue weighted by Crippen LogP contribution is -2.26. The van der Waals surface area contributed by atoms with Crippen molar-refractivity contribution in [2.24, 2.45) is 10.9 Å². The van der Waals surface area contributed by atoms with Crippen molar-refractivity contribution in [3.8, 4) is 17.6 Å². The number of oxime groups is 1. The van der Waals surface area contributed by atoms with Gasteiger partial charge in [0, 0.05) is 24.6 Å². The summed E-state index contributed by atoms with van der Waals surface area (Å²) < 4.78 is 19.0. The average molecular weight is 493 g/mol. The molecule has 1 aliphatic heterocycles. The number of carbonyl (C=O) groups is 1. The molecule has 0 bridgehead atoms. The Kier molecular flexibility index (Phi) is 10.3. The fourth-order valence-electron chi connectivity index (χ4n) is 3.50. The van der Waals surface area contributed by atoms with Crippen molar-refractivity contribution in [2.75, 3.05) is 19.8 Å². The third-order valence-electron chi connectivity index (χ3n) is 5.12. The standard InChI is InChI=1S/C27H32N4O5/c1-4-9-22(14-13-21-10-8-11-23(18-21)34-19-24(28)32)27(30-35-5-2)31-16-15-29-26(31)20(3)36-25-12-6-7-17-33-25/h4,8-11,15-16,18,20,25H,1,5-7,12,17,19H2,2-3H3,(H2,28,32)/b22-9-,30-27+/t20-,25?/m0/s1. The van der Waals surface area contributed by atoms with Crippen LogP contribution in [-0.2, 0) is 19.1 Å². The first-order valence-electron chi connectivity index (χ1n) is 11.9. The highest BCUT2D eigenvalue weighted by molar-refractivity contribution is 6.04. The fraction of sp³-hybridized carbons (Fsp3) is 0.370. The lowest BCUT2D eigenvalue weighted by atomic mass is 10.1. The Balaban J connectivity index is 1.89. The number of carbonyl (C=O) groups excluding carboxylic acids is 1. The zero-order chi connectivity index (χ0) is 25.8. The van der Waals surface area contributed by atoms with Crippen molar-refractivity contribution in [1.82, 2.24) is 9.55 Å². The number of imidazole rings is 1. The van der Waals surface area contributed by atoms with Crippen LogP contribution in [0.1, 0.15) is 50.6 Å². The zero-order valence-electron chi connectivity index (χ0n) is 20.7. The normalized spacial score (nSPS) is 17.0. The van der Waals surface area contributed by atoms with Gasteiger partial charge in [-0.05, 0) is 57.4 Å². The quantitative estimate of drug-likeness (QED) is 0.178. The van der Waals surface area contributed by atoms with Crippen LogP contribution in [0.2, 0.25) is 0 Å². The summed E-state index contributed by atoms with van der Waals surface area (Å²) >= 11 is 0. The van der Waals surface area contributed by atoms with Gasteiger partial charge < -0.3 is 24.8 Å². The van der Waals surface area contributed by atoms with Gasteiger partial charge in [-0.1, -0.05) is 35.7 Å². The smallest absolute Gasteiger partial charge is 0.255 e. The van der Waals surface area contributed by atoms with Crippen molar-refractivity contribution >= 4 is 11.7 Å². The van der Waals surface area contributed by atoms with E-state index in [0.29, 0.717) is 41.8 Å². The maximum absolute atomic E-state index is 11.0. The van der Waals surface area contributed by atoms with E-state index < -0.39 is 5.91 Å². The lowest BCUT2D eigenvalue weighted by molar-refractivity contribution is -0.187. The monoisotopic (exact) mass is 492 g/mol. The molecule has 1 aromatic heterocycles. The van der Waals surface area contributed by atoms with Crippen LogP contribution in [0.15, 0.2) is 66.1 Å². The second-order valence-electron chi connectivity index (χ2n) is 7.91. The van der Waals surface area contributed by atoms with Gasteiger partial charge in [-0.3, -0.25) is 9.36 Å². The number of aromatic nitrogens is 2. The van der Waals surface area contributed by atoms with Crippen LogP contribution in [0.3, 0.4) is 0 Å². The summed E-state index contributed by atoms with van der Waals surface area (Å²) in [5.41, 5.74) is 6.40. The molecule has 1 saturated heterocycles. The Morgan fingerprint density at radius 3 is 3.03 bits per heavy atom. The van der Waals surface area contributed by atoms with E-state index in [-0.39, 0.29) is 19.0 Å². The predicted octanol–water partition coefficient (Wildman–Crippen LogP) is 3.71. The van der Waals surface area contributed by atoms with Crippen molar-refractivity contribution < 1.29 is 23.8 Å². The Labute approximate surface area is 211 Å². The van der Waals surface area contributed by atoms with Crippen molar-refractivity contribution in [3.63, 3.8) is 0 Å². The minimum Gasteiger partial charge on any atom is -0.484 e. The van der Waals surface area contributed by atoms with E-state index in [1.54, 1.807) is 47.3 Å². The number of nitrogens with two attached hydrogens (primary N) is 1. The number of primary amides is 1. The van der Waals surface area contributed by atoms with Crippen LogP contribution in [-0.4, -0.2) is 47.4 Å². The maximum Gasteiger partial charge on any atom is 0.255 e. The predicted molar refractivity (Wildman–Crippen MR) is 136 cm³/mol. The van der Waals surface area contributed by atoms with E-state index in [9.17, 15) is 4.79 Å². The van der Waals surface area contributed by atoms with Gasteiger partial charge in [-0.2, -0.15) is 0 Å². The van der Waals surface area contributed by atoms with Crippen LogP contribution >= 0.6 is 0 Å². The minimum atomic E-state index is -0.552. The third-order valence-corrected chi connectivity index (χ3v) is 5.12. The van der Waals surface area contributed by atoms with Crippen LogP contribution < -0.4 is 10.5 Å². The first-order valence-corrected chi connectivity index (χ1v) is 11.9. The van der Waals surface area contributed by atoms with E-state index in [0.717, 1.165) is 19.3 Å². The third kappa shape index (κ3) is 7.83. The van der Waals surface area contributed by atoms with E-state index >= 15 is 0 Å². The molecule has 0 aliphatic carbocycles. The van der Waals surface area contributed by atoms with Gasteiger partial charge in [0.2, 0.25) is 0 Å². The molecule has 0 saturated carbocycles. The number of amides is 1. The molecule has 2 atom stereocenters. The molecular weight excluding hydrogens is 460 g/mol. The summed E-state index contributed by atoms with van der Waals surface area (Å²) in [6.07, 6.45) is 9.18. The molecule has 0 spiro atoms. The number of hydrogen-bond donors (Lipinski definition) is 1. The van der Waals surface area contributed by atoms with E-state index in [1.807, 2.05) is 19.9 Å². The van der Waals surface area contributed by atoms with Gasteiger partial charge in [0.15, 0.2) is 18.7 Å². The summed E-state index contributed by atoms with van der Waals surface area (Å²) in [5.74, 6) is 7.27. The largest absolute Gasteiger partial charge is 0.484 e. The first-order chi connectivity index (χ1) is 17.5. The molecule has 1 amide bonds. The molecule has 2 aromatic rings. The van der Waals surface area contributed by atoms with Gasteiger partial charge in [0.25, 0.3) is 5.91 Å². The molecule has 1 aliphatic rings. The van der Waals surface area contributed by atoms with E-state index in [4.69, 9.17) is 24.8 Å². The topological polar surface area (TPSA) is 110 Å². The summed E-state index contributed by atoms with van der Waals surface area (Å²) in [7, 11) is 0. The first kappa shape index (κ1) is 26.7. The number of benzene rings is 1. The molecule has 9 nitrogen and oxygen atoms in total. The molecular formula is C27H32N4O5. The molecule has 1 aromatic carbocycles. The van der Waals surface area contributed by atoms with Crippen LogP contribution in [0, 0.1) is 11.8 Å².